The maximum Gasteiger partial charge on any atom is 0.123 e. The maximum atomic E-state index is 8.61. The Balaban J connectivity index is 2.42. The van der Waals surface area contributed by atoms with Gasteiger partial charge in [0.2, 0.25) is 0 Å². The molecule has 2 nitrogen and oxygen atoms in total. The number of halogens is 1. The summed E-state index contributed by atoms with van der Waals surface area (Å²) in [5.41, 5.74) is 3.17. The van der Waals surface area contributed by atoms with Gasteiger partial charge in [0, 0.05) is 15.4 Å². The number of hydrogen-bond donors (Lipinski definition) is 0. The van der Waals surface area contributed by atoms with E-state index in [1.165, 1.54) is 5.56 Å². The minimum absolute atomic E-state index is 0.379. The first-order valence-corrected chi connectivity index (χ1v) is 6.46. The molecule has 0 N–H and O–H groups in total. The number of aryl methyl sites for hydroxylation is 1. The van der Waals surface area contributed by atoms with Gasteiger partial charge in [-0.15, -0.1) is 11.3 Å². The van der Waals surface area contributed by atoms with E-state index in [1.54, 1.807) is 11.3 Å². The van der Waals surface area contributed by atoms with E-state index in [1.807, 2.05) is 11.4 Å². The highest BCUT2D eigenvalue weighted by atomic mass is 79.9. The highest BCUT2D eigenvalue weighted by Gasteiger charge is 2.07. The van der Waals surface area contributed by atoms with Crippen LogP contribution in [0, 0.1) is 18.3 Å². The molecule has 2 aromatic rings. The van der Waals surface area contributed by atoms with Crippen molar-refractivity contribution < 1.29 is 0 Å². The molecule has 16 heavy (non-hydrogen) atoms. The molecule has 0 atom stereocenters. The van der Waals surface area contributed by atoms with Gasteiger partial charge >= 0.3 is 0 Å². The van der Waals surface area contributed by atoms with E-state index >= 15 is 0 Å². The Morgan fingerprint density at radius 2 is 2.31 bits per heavy atom. The predicted molar refractivity (Wildman–Crippen MR) is 69.3 cm³/mol. The van der Waals surface area contributed by atoms with Gasteiger partial charge in [0.25, 0.3) is 0 Å². The second-order valence-corrected chi connectivity index (χ2v) is 5.21. The van der Waals surface area contributed by atoms with Gasteiger partial charge in [-0.1, -0.05) is 22.0 Å². The van der Waals surface area contributed by atoms with Gasteiger partial charge in [-0.2, -0.15) is 5.26 Å². The van der Waals surface area contributed by atoms with Crippen LogP contribution in [0.25, 0.3) is 10.6 Å². The Labute approximate surface area is 107 Å². The lowest BCUT2D eigenvalue weighted by molar-refractivity contribution is 1.16. The summed E-state index contributed by atoms with van der Waals surface area (Å²) in [6.45, 7) is 2.06. The molecule has 0 amide bonds. The van der Waals surface area contributed by atoms with Crippen LogP contribution in [0.1, 0.15) is 11.3 Å². The van der Waals surface area contributed by atoms with E-state index < -0.39 is 0 Å². The van der Waals surface area contributed by atoms with Crippen LogP contribution in [0.15, 0.2) is 28.1 Å². The van der Waals surface area contributed by atoms with Crippen LogP contribution in [-0.2, 0) is 6.42 Å². The second kappa shape index (κ2) is 4.77. The maximum absolute atomic E-state index is 8.61. The number of thiazole rings is 1. The molecule has 80 valence electrons. The molecule has 0 aliphatic carbocycles. The number of benzene rings is 1. The third-order valence-corrected chi connectivity index (χ3v) is 3.66. The van der Waals surface area contributed by atoms with Crippen molar-refractivity contribution in [3.8, 4) is 16.6 Å². The smallest absolute Gasteiger partial charge is 0.123 e. The summed E-state index contributed by atoms with van der Waals surface area (Å²) in [7, 11) is 0. The van der Waals surface area contributed by atoms with Crippen molar-refractivity contribution in [3.05, 3.63) is 39.3 Å². The van der Waals surface area contributed by atoms with Crippen molar-refractivity contribution in [3.63, 3.8) is 0 Å². The van der Waals surface area contributed by atoms with Crippen LogP contribution >= 0.6 is 27.3 Å². The van der Waals surface area contributed by atoms with Crippen molar-refractivity contribution in [2.24, 2.45) is 0 Å². The Morgan fingerprint density at radius 3 is 3.06 bits per heavy atom. The lowest BCUT2D eigenvalue weighted by atomic mass is 10.1. The van der Waals surface area contributed by atoms with Crippen LogP contribution < -0.4 is 0 Å². The predicted octanol–water partition coefficient (Wildman–Crippen LogP) is 3.95. The molecule has 4 heteroatoms. The largest absolute Gasteiger partial charge is 0.240 e. The first-order chi connectivity index (χ1) is 7.70. The number of nitriles is 1. The number of aromatic nitrogens is 1. The fourth-order valence-electron chi connectivity index (χ4n) is 1.42. The van der Waals surface area contributed by atoms with Crippen LogP contribution in [0.4, 0.5) is 0 Å². The molecule has 0 aliphatic heterocycles. The average molecular weight is 293 g/mol. The third-order valence-electron chi connectivity index (χ3n) is 2.24. The Kier molecular flexibility index (Phi) is 3.37. The van der Waals surface area contributed by atoms with Gasteiger partial charge in [0.05, 0.1) is 18.2 Å². The molecule has 1 aromatic carbocycles. The molecule has 1 heterocycles. The van der Waals surface area contributed by atoms with E-state index in [2.05, 4.69) is 46.0 Å². The highest BCUT2D eigenvalue weighted by Crippen LogP contribution is 2.29. The summed E-state index contributed by atoms with van der Waals surface area (Å²) in [5, 5.41) is 11.5. The lowest BCUT2D eigenvalue weighted by Gasteiger charge is -2.02. The monoisotopic (exact) mass is 292 g/mol. The van der Waals surface area contributed by atoms with E-state index in [9.17, 15) is 0 Å². The van der Waals surface area contributed by atoms with Crippen molar-refractivity contribution in [1.29, 1.82) is 5.26 Å². The normalized spacial score (nSPS) is 10.1. The van der Waals surface area contributed by atoms with Gasteiger partial charge in [-0.05, 0) is 24.6 Å². The zero-order valence-corrected chi connectivity index (χ0v) is 11.1. The van der Waals surface area contributed by atoms with Gasteiger partial charge < -0.3 is 0 Å². The van der Waals surface area contributed by atoms with Crippen molar-refractivity contribution >= 4 is 27.3 Å². The topological polar surface area (TPSA) is 36.7 Å². The van der Waals surface area contributed by atoms with E-state index in [0.29, 0.717) is 6.42 Å². The molecule has 1 aromatic heterocycles. The van der Waals surface area contributed by atoms with Crippen molar-refractivity contribution in [2.75, 3.05) is 0 Å². The summed E-state index contributed by atoms with van der Waals surface area (Å²) in [6.07, 6.45) is 0.379. The zero-order chi connectivity index (χ0) is 11.5. The number of nitrogens with zero attached hydrogens (tertiary/aromatic N) is 2. The summed E-state index contributed by atoms with van der Waals surface area (Å²) >= 11 is 5.04. The molecule has 0 bridgehead atoms. The van der Waals surface area contributed by atoms with E-state index in [0.717, 1.165) is 20.7 Å². The summed E-state index contributed by atoms with van der Waals surface area (Å²) in [6, 6.07) is 8.25. The highest BCUT2D eigenvalue weighted by molar-refractivity contribution is 9.10. The van der Waals surface area contributed by atoms with Crippen LogP contribution in [0.2, 0.25) is 0 Å². The zero-order valence-electron chi connectivity index (χ0n) is 8.70. The standard InChI is InChI=1S/C12H9BrN2S/c1-8-2-3-9(13)6-11(8)12-15-10(4-5-14)7-16-12/h2-3,6-7H,4H2,1H3. The fraction of sp³-hybridized carbons (Fsp3) is 0.167. The van der Waals surface area contributed by atoms with Gasteiger partial charge in [0.15, 0.2) is 0 Å². The van der Waals surface area contributed by atoms with E-state index in [-0.39, 0.29) is 0 Å². The Morgan fingerprint density at radius 1 is 1.50 bits per heavy atom. The summed E-state index contributed by atoms with van der Waals surface area (Å²) < 4.78 is 1.05. The molecule has 0 radical (unpaired) electrons. The molecule has 2 rings (SSSR count). The SMILES string of the molecule is Cc1ccc(Br)cc1-c1nc(CC#N)cs1. The second-order valence-electron chi connectivity index (χ2n) is 3.44. The number of hydrogen-bond acceptors (Lipinski definition) is 3. The minimum atomic E-state index is 0.379. The summed E-state index contributed by atoms with van der Waals surface area (Å²) in [5.74, 6) is 0. The van der Waals surface area contributed by atoms with Gasteiger partial charge in [-0.25, -0.2) is 4.98 Å². The van der Waals surface area contributed by atoms with Crippen molar-refractivity contribution in [1.82, 2.24) is 4.98 Å². The molecule has 0 fully saturated rings. The molecular weight excluding hydrogens is 284 g/mol. The third kappa shape index (κ3) is 2.31. The van der Waals surface area contributed by atoms with Gasteiger partial charge in [-0.3, -0.25) is 0 Å². The van der Waals surface area contributed by atoms with E-state index in [4.69, 9.17) is 5.26 Å². The molecule has 0 unspecified atom stereocenters. The van der Waals surface area contributed by atoms with Crippen LogP contribution in [0.5, 0.6) is 0 Å². The minimum Gasteiger partial charge on any atom is -0.240 e. The van der Waals surface area contributed by atoms with Gasteiger partial charge in [0.1, 0.15) is 5.01 Å². The molecule has 0 saturated heterocycles. The number of rotatable bonds is 2. The molecule has 0 spiro atoms. The fourth-order valence-corrected chi connectivity index (χ4v) is 2.68. The molecular formula is C12H9BrN2S. The Hall–Kier alpha value is -1.18. The lowest BCUT2D eigenvalue weighted by Crippen LogP contribution is -1.85. The van der Waals surface area contributed by atoms with Crippen molar-refractivity contribution in [2.45, 2.75) is 13.3 Å². The van der Waals surface area contributed by atoms with Crippen LogP contribution in [-0.4, -0.2) is 4.98 Å². The quantitative estimate of drug-likeness (QED) is 0.840. The van der Waals surface area contributed by atoms with Crippen LogP contribution in [0.3, 0.4) is 0 Å². The first-order valence-electron chi connectivity index (χ1n) is 4.78. The summed E-state index contributed by atoms with van der Waals surface area (Å²) in [4.78, 5) is 4.45. The Bertz CT molecular complexity index is 554. The molecule has 0 saturated carbocycles. The first kappa shape index (κ1) is 11.3. The average Bonchev–Trinajstić information content (AvgIpc) is 2.71. The molecule has 0 aliphatic rings.